The number of hydrogen-bond donors (Lipinski definition) is 1. The number of aliphatic hydroxyl groups is 1. The van der Waals surface area contributed by atoms with Crippen molar-refractivity contribution in [2.45, 2.75) is 38.0 Å². The number of aryl methyl sites for hydroxylation is 1. The highest BCUT2D eigenvalue weighted by atomic mass is 16.5. The first-order valence-corrected chi connectivity index (χ1v) is 10.0. The second kappa shape index (κ2) is 8.85. The molecule has 0 saturated carbocycles. The van der Waals surface area contributed by atoms with Crippen LogP contribution in [0.1, 0.15) is 36.8 Å². The van der Waals surface area contributed by atoms with Crippen molar-refractivity contribution in [1.82, 2.24) is 24.8 Å². The Bertz CT molecular complexity index is 985. The summed E-state index contributed by atoms with van der Waals surface area (Å²) in [5, 5.41) is 18.8. The first kappa shape index (κ1) is 20.4. The minimum Gasteiger partial charge on any atom is -0.493 e. The summed E-state index contributed by atoms with van der Waals surface area (Å²) in [7, 11) is 5.04. The van der Waals surface area contributed by atoms with E-state index in [1.807, 2.05) is 31.4 Å². The number of ether oxygens (including phenoxy) is 2. The lowest BCUT2D eigenvalue weighted by molar-refractivity contribution is 0.112. The third kappa shape index (κ3) is 4.31. The van der Waals surface area contributed by atoms with Gasteiger partial charge in [-0.25, -0.2) is 0 Å². The molecule has 4 rings (SSSR count). The third-order valence-corrected chi connectivity index (χ3v) is 5.55. The third-order valence-electron chi connectivity index (χ3n) is 5.55. The minimum atomic E-state index is -0.533. The summed E-state index contributed by atoms with van der Waals surface area (Å²) in [5.41, 5.74) is 1.64. The summed E-state index contributed by atoms with van der Waals surface area (Å²) >= 11 is 0. The largest absolute Gasteiger partial charge is 0.493 e. The van der Waals surface area contributed by atoms with Gasteiger partial charge in [0.15, 0.2) is 11.5 Å². The summed E-state index contributed by atoms with van der Waals surface area (Å²) in [6.45, 7) is 1.50. The van der Waals surface area contributed by atoms with Crippen molar-refractivity contribution < 1.29 is 19.1 Å². The Morgan fingerprint density at radius 3 is 2.83 bits per heavy atom. The van der Waals surface area contributed by atoms with Gasteiger partial charge in [-0.1, -0.05) is 5.16 Å². The van der Waals surface area contributed by atoms with E-state index in [0.717, 1.165) is 30.5 Å². The van der Waals surface area contributed by atoms with E-state index >= 15 is 0 Å². The Kier molecular flexibility index (Phi) is 6.01. The molecule has 3 aromatic rings. The van der Waals surface area contributed by atoms with Gasteiger partial charge in [-0.3, -0.25) is 9.58 Å². The maximum atomic E-state index is 10.6. The van der Waals surface area contributed by atoms with Crippen LogP contribution in [0.3, 0.4) is 0 Å². The van der Waals surface area contributed by atoms with Gasteiger partial charge in [-0.2, -0.15) is 10.1 Å². The highest BCUT2D eigenvalue weighted by Gasteiger charge is 2.29. The summed E-state index contributed by atoms with van der Waals surface area (Å²) in [6.07, 6.45) is 5.82. The van der Waals surface area contributed by atoms with E-state index in [1.54, 1.807) is 25.1 Å². The van der Waals surface area contributed by atoms with Crippen molar-refractivity contribution in [2.75, 3.05) is 20.8 Å². The van der Waals surface area contributed by atoms with Crippen molar-refractivity contribution in [3.05, 3.63) is 42.0 Å². The second-order valence-corrected chi connectivity index (χ2v) is 7.55. The second-order valence-electron chi connectivity index (χ2n) is 7.55. The van der Waals surface area contributed by atoms with Crippen LogP contribution >= 0.6 is 0 Å². The zero-order valence-corrected chi connectivity index (χ0v) is 17.5. The molecule has 160 valence electrons. The standard InChI is InChI=1S/C21H27N5O4/c1-25-12-15(11-22-25)17(27)10-16-5-4-8-26(16)13-20-23-21(24-30-20)14-6-7-18(28-2)19(9-14)29-3/h6-7,9,11-12,16-17,27H,4-5,8,10,13H2,1-3H3/t16-,17-/m0/s1. The fourth-order valence-electron chi connectivity index (χ4n) is 3.96. The van der Waals surface area contributed by atoms with Crippen LogP contribution in [0.25, 0.3) is 11.4 Å². The lowest BCUT2D eigenvalue weighted by atomic mass is 10.0. The van der Waals surface area contributed by atoms with Crippen LogP contribution in [-0.4, -0.2) is 56.7 Å². The van der Waals surface area contributed by atoms with Crippen LogP contribution in [0.4, 0.5) is 0 Å². The number of likely N-dealkylation sites (tertiary alicyclic amines) is 1. The van der Waals surface area contributed by atoms with Gasteiger partial charge in [0.2, 0.25) is 11.7 Å². The normalized spacial score (nSPS) is 17.9. The predicted octanol–water partition coefficient (Wildman–Crippen LogP) is 2.58. The van der Waals surface area contributed by atoms with Crippen LogP contribution < -0.4 is 9.47 Å². The molecular weight excluding hydrogens is 386 g/mol. The first-order chi connectivity index (χ1) is 14.6. The Hall–Kier alpha value is -2.91. The molecule has 30 heavy (non-hydrogen) atoms. The number of methoxy groups -OCH3 is 2. The van der Waals surface area contributed by atoms with E-state index < -0.39 is 6.10 Å². The molecule has 0 amide bonds. The molecule has 1 aromatic carbocycles. The molecule has 0 aliphatic carbocycles. The van der Waals surface area contributed by atoms with Gasteiger partial charge in [0.1, 0.15) is 0 Å². The lowest BCUT2D eigenvalue weighted by Gasteiger charge is -2.24. The molecule has 3 heterocycles. The van der Waals surface area contributed by atoms with Crippen LogP contribution in [-0.2, 0) is 13.6 Å². The first-order valence-electron chi connectivity index (χ1n) is 10.0. The van der Waals surface area contributed by atoms with Gasteiger partial charge in [0, 0.05) is 30.4 Å². The number of hydrogen-bond acceptors (Lipinski definition) is 8. The molecule has 1 N–H and O–H groups in total. The highest BCUT2D eigenvalue weighted by molar-refractivity contribution is 5.60. The zero-order valence-electron chi connectivity index (χ0n) is 17.5. The van der Waals surface area contributed by atoms with E-state index in [-0.39, 0.29) is 6.04 Å². The fraction of sp³-hybridized carbons (Fsp3) is 0.476. The van der Waals surface area contributed by atoms with E-state index in [2.05, 4.69) is 20.1 Å². The average Bonchev–Trinajstić information content (AvgIpc) is 3.50. The monoisotopic (exact) mass is 413 g/mol. The number of nitrogens with zero attached hydrogens (tertiary/aromatic N) is 5. The molecule has 1 fully saturated rings. The molecule has 2 aromatic heterocycles. The van der Waals surface area contributed by atoms with Crippen molar-refractivity contribution in [3.63, 3.8) is 0 Å². The van der Waals surface area contributed by atoms with Crippen LogP contribution in [0.15, 0.2) is 35.1 Å². The van der Waals surface area contributed by atoms with Gasteiger partial charge in [-0.15, -0.1) is 0 Å². The van der Waals surface area contributed by atoms with Gasteiger partial charge < -0.3 is 19.1 Å². The Labute approximate surface area is 175 Å². The van der Waals surface area contributed by atoms with Gasteiger partial charge in [-0.05, 0) is 44.0 Å². The van der Waals surface area contributed by atoms with Crippen molar-refractivity contribution >= 4 is 0 Å². The summed E-state index contributed by atoms with van der Waals surface area (Å²) in [6, 6.07) is 5.78. The average molecular weight is 413 g/mol. The topological polar surface area (TPSA) is 98.7 Å². The predicted molar refractivity (Wildman–Crippen MR) is 109 cm³/mol. The molecule has 2 atom stereocenters. The fourth-order valence-corrected chi connectivity index (χ4v) is 3.96. The summed E-state index contributed by atoms with van der Waals surface area (Å²) in [5.74, 6) is 2.34. The Morgan fingerprint density at radius 1 is 1.27 bits per heavy atom. The van der Waals surface area contributed by atoms with Gasteiger partial charge in [0.05, 0.1) is 33.1 Å². The number of aliphatic hydroxyl groups excluding tert-OH is 1. The van der Waals surface area contributed by atoms with Crippen LogP contribution in [0.5, 0.6) is 11.5 Å². The molecule has 1 aliphatic heterocycles. The van der Waals surface area contributed by atoms with Gasteiger partial charge in [0.25, 0.3) is 0 Å². The molecule has 9 nitrogen and oxygen atoms in total. The Morgan fingerprint density at radius 2 is 2.10 bits per heavy atom. The maximum Gasteiger partial charge on any atom is 0.241 e. The molecule has 0 unspecified atom stereocenters. The molecule has 0 bridgehead atoms. The number of benzene rings is 1. The summed E-state index contributed by atoms with van der Waals surface area (Å²) in [4.78, 5) is 6.86. The minimum absolute atomic E-state index is 0.261. The van der Waals surface area contributed by atoms with Crippen molar-refractivity contribution in [3.8, 4) is 22.9 Å². The number of rotatable bonds is 8. The van der Waals surface area contributed by atoms with Crippen molar-refractivity contribution in [2.24, 2.45) is 7.05 Å². The Balaban J connectivity index is 1.42. The highest BCUT2D eigenvalue weighted by Crippen LogP contribution is 2.32. The zero-order chi connectivity index (χ0) is 21.1. The molecule has 0 radical (unpaired) electrons. The van der Waals surface area contributed by atoms with Gasteiger partial charge >= 0.3 is 0 Å². The van der Waals surface area contributed by atoms with E-state index in [0.29, 0.717) is 36.2 Å². The molecule has 9 heteroatoms. The van der Waals surface area contributed by atoms with Crippen molar-refractivity contribution in [1.29, 1.82) is 0 Å². The van der Waals surface area contributed by atoms with Crippen LogP contribution in [0.2, 0.25) is 0 Å². The summed E-state index contributed by atoms with van der Waals surface area (Å²) < 4.78 is 17.8. The molecule has 1 saturated heterocycles. The molecule has 1 aliphatic rings. The maximum absolute atomic E-state index is 10.6. The van der Waals surface area contributed by atoms with Crippen LogP contribution in [0, 0.1) is 0 Å². The molecule has 0 spiro atoms. The smallest absolute Gasteiger partial charge is 0.241 e. The number of aromatic nitrogens is 4. The van der Waals surface area contributed by atoms with E-state index in [4.69, 9.17) is 14.0 Å². The lowest BCUT2D eigenvalue weighted by Crippen LogP contribution is -2.30. The SMILES string of the molecule is COc1ccc(-c2noc(CN3CCC[C@H]3C[C@H](O)c3cnn(C)c3)n2)cc1OC. The van der Waals surface area contributed by atoms with E-state index in [1.165, 1.54) is 0 Å². The quantitative estimate of drug-likeness (QED) is 0.602. The van der Waals surface area contributed by atoms with E-state index in [9.17, 15) is 5.11 Å². The molecular formula is C21H27N5O4.